The predicted octanol–water partition coefficient (Wildman–Crippen LogP) is 14.4. The zero-order valence-corrected chi connectivity index (χ0v) is 32.3. The van der Waals surface area contributed by atoms with E-state index >= 15 is 0 Å². The van der Waals surface area contributed by atoms with Gasteiger partial charge in [0.05, 0.1) is 22.4 Å². The summed E-state index contributed by atoms with van der Waals surface area (Å²) in [4.78, 5) is 5.51. The molecule has 12 rings (SSSR count). The second kappa shape index (κ2) is 11.8. The van der Waals surface area contributed by atoms with Crippen molar-refractivity contribution in [2.45, 2.75) is 19.3 Å². The van der Waals surface area contributed by atoms with Gasteiger partial charge < -0.3 is 0 Å². The molecular formula is C53H35N3S. The lowest BCUT2D eigenvalue weighted by atomic mass is 9.77. The minimum Gasteiger partial charge on any atom is -0.300 e. The fraction of sp³-hybridized carbons (Fsp3) is 0.0566. The van der Waals surface area contributed by atoms with Gasteiger partial charge in [0, 0.05) is 58.4 Å². The minimum absolute atomic E-state index is 0.443. The second-order valence-electron chi connectivity index (χ2n) is 15.8. The molecule has 3 nitrogen and oxygen atoms in total. The Balaban J connectivity index is 1.17. The Labute approximate surface area is 332 Å². The van der Waals surface area contributed by atoms with Gasteiger partial charge in [-0.1, -0.05) is 153 Å². The molecule has 0 unspecified atom stereocenters. The van der Waals surface area contributed by atoms with Crippen molar-refractivity contribution in [3.05, 3.63) is 186 Å². The lowest BCUT2D eigenvalue weighted by Crippen LogP contribution is -2.23. The molecule has 0 radical (unpaired) electrons. The number of hydrogen-bond acceptors (Lipinski definition) is 3. The normalized spacial score (nSPS) is 14.2. The molecule has 0 saturated carbocycles. The molecule has 4 heteroatoms. The molecule has 0 amide bonds. The predicted molar refractivity (Wildman–Crippen MR) is 246 cm³/mol. The Hall–Kier alpha value is -6.88. The van der Waals surface area contributed by atoms with E-state index in [1.165, 1.54) is 74.2 Å². The Bertz CT molecular complexity index is 3600. The Morgan fingerprint density at radius 3 is 1.93 bits per heavy atom. The summed E-state index contributed by atoms with van der Waals surface area (Å²) in [5.41, 5.74) is 7.30. The second-order valence-corrected chi connectivity index (χ2v) is 16.9. The first-order valence-corrected chi connectivity index (χ1v) is 20.4. The van der Waals surface area contributed by atoms with Crippen LogP contribution < -0.4 is 0 Å². The standard InChI is InChI=1S/C53H35N3S/c1-53(2)41-23-11-9-20-38(41)52(50(53)51(54)40-22-13-25-45-46(40)39-21-10-12-24-44(39)57-45)55-30-56-42-28-26-31-14-3-4-15-32(31)48(42)49-43(56)29-27-37-35-18-6-5-16-33(35)34-17-7-8-19-36(34)47(37)49/h3-30,54H,1-2H3/b54-51?,55-30+. The van der Waals surface area contributed by atoms with Crippen molar-refractivity contribution >= 4 is 114 Å². The number of thiophene rings is 1. The molecule has 0 fully saturated rings. The first-order chi connectivity index (χ1) is 28.0. The number of fused-ring (bicyclic) bond motifs is 16. The molecule has 0 aliphatic heterocycles. The molecular weight excluding hydrogens is 711 g/mol. The highest BCUT2D eigenvalue weighted by Crippen LogP contribution is 2.50. The van der Waals surface area contributed by atoms with Crippen LogP contribution in [0.3, 0.4) is 0 Å². The van der Waals surface area contributed by atoms with E-state index in [1.54, 1.807) is 11.3 Å². The highest BCUT2D eigenvalue weighted by atomic mass is 32.1. The summed E-state index contributed by atoms with van der Waals surface area (Å²) >= 11 is 1.79. The number of aromatic nitrogens is 1. The van der Waals surface area contributed by atoms with Crippen LogP contribution in [0.1, 0.15) is 30.5 Å². The Morgan fingerprint density at radius 2 is 1.12 bits per heavy atom. The van der Waals surface area contributed by atoms with Crippen LogP contribution >= 0.6 is 11.3 Å². The average Bonchev–Trinajstić information content (AvgIpc) is 3.87. The van der Waals surface area contributed by atoms with Gasteiger partial charge in [0.15, 0.2) is 0 Å². The average molecular weight is 746 g/mol. The molecule has 9 aromatic carbocycles. The third kappa shape index (κ3) is 4.42. The van der Waals surface area contributed by atoms with Crippen molar-refractivity contribution in [3.63, 3.8) is 0 Å². The molecule has 1 aliphatic carbocycles. The lowest BCUT2D eigenvalue weighted by Gasteiger charge is -2.25. The molecule has 2 heterocycles. The Kier molecular flexibility index (Phi) is 6.71. The molecule has 11 aromatic rings. The maximum atomic E-state index is 10.1. The van der Waals surface area contributed by atoms with E-state index in [0.717, 1.165) is 38.8 Å². The number of nitrogens with zero attached hydrogens (tertiary/aromatic N) is 2. The monoisotopic (exact) mass is 745 g/mol. The maximum Gasteiger partial charge on any atom is 0.100 e. The van der Waals surface area contributed by atoms with E-state index < -0.39 is 5.41 Å². The summed E-state index contributed by atoms with van der Waals surface area (Å²) in [7, 11) is 0. The molecule has 0 atom stereocenters. The van der Waals surface area contributed by atoms with Gasteiger partial charge in [-0.2, -0.15) is 0 Å². The van der Waals surface area contributed by atoms with Crippen molar-refractivity contribution in [3.8, 4) is 0 Å². The van der Waals surface area contributed by atoms with E-state index in [4.69, 9.17) is 4.99 Å². The van der Waals surface area contributed by atoms with Gasteiger partial charge in [-0.25, -0.2) is 4.99 Å². The van der Waals surface area contributed by atoms with Crippen LogP contribution in [-0.4, -0.2) is 16.6 Å². The summed E-state index contributed by atoms with van der Waals surface area (Å²) in [6, 6.07) is 59.0. The molecule has 0 saturated heterocycles. The minimum atomic E-state index is -0.443. The van der Waals surface area contributed by atoms with E-state index in [0.29, 0.717) is 5.71 Å². The molecule has 0 bridgehead atoms. The van der Waals surface area contributed by atoms with Crippen LogP contribution in [0, 0.1) is 5.41 Å². The number of benzene rings is 9. The third-order valence-electron chi connectivity index (χ3n) is 12.5. The third-order valence-corrected chi connectivity index (χ3v) is 13.6. The van der Waals surface area contributed by atoms with E-state index in [9.17, 15) is 5.41 Å². The van der Waals surface area contributed by atoms with Crippen molar-refractivity contribution in [2.75, 3.05) is 0 Å². The molecule has 2 aromatic heterocycles. The fourth-order valence-corrected chi connectivity index (χ4v) is 11.1. The van der Waals surface area contributed by atoms with Gasteiger partial charge in [0.1, 0.15) is 6.34 Å². The summed E-state index contributed by atoms with van der Waals surface area (Å²) in [5.74, 6) is 0. The van der Waals surface area contributed by atoms with Crippen LogP contribution in [0.4, 0.5) is 0 Å². The SMILES string of the molecule is CC1(C)C(C(=N)c2cccc3sc4ccccc4c23)=C(/N=C/n2c3ccc4ccccc4c3c3c4c5ccccc5c5ccccc5c4ccc32)c2ccccc21. The van der Waals surface area contributed by atoms with Crippen molar-refractivity contribution in [2.24, 2.45) is 4.99 Å². The van der Waals surface area contributed by atoms with Gasteiger partial charge >= 0.3 is 0 Å². The topological polar surface area (TPSA) is 41.1 Å². The fourth-order valence-electron chi connectivity index (χ4n) is 10.0. The first kappa shape index (κ1) is 32.4. The van der Waals surface area contributed by atoms with Crippen molar-refractivity contribution < 1.29 is 0 Å². The van der Waals surface area contributed by atoms with Crippen molar-refractivity contribution in [1.82, 2.24) is 4.57 Å². The zero-order valence-electron chi connectivity index (χ0n) is 31.5. The van der Waals surface area contributed by atoms with Gasteiger partial charge in [-0.15, -0.1) is 11.3 Å². The summed E-state index contributed by atoms with van der Waals surface area (Å²) < 4.78 is 4.72. The van der Waals surface area contributed by atoms with Gasteiger partial charge in [0.2, 0.25) is 0 Å². The largest absolute Gasteiger partial charge is 0.300 e. The van der Waals surface area contributed by atoms with Crippen LogP contribution in [0.25, 0.3) is 90.8 Å². The lowest BCUT2D eigenvalue weighted by molar-refractivity contribution is 0.661. The van der Waals surface area contributed by atoms with E-state index in [-0.39, 0.29) is 0 Å². The maximum absolute atomic E-state index is 10.1. The number of hydrogen-bond donors (Lipinski definition) is 1. The highest BCUT2D eigenvalue weighted by Gasteiger charge is 2.40. The van der Waals surface area contributed by atoms with Gasteiger partial charge in [-0.05, 0) is 67.5 Å². The van der Waals surface area contributed by atoms with Gasteiger partial charge in [0.25, 0.3) is 0 Å². The number of rotatable bonds is 4. The number of nitrogens with one attached hydrogen (secondary N) is 1. The Morgan fingerprint density at radius 1 is 0.526 bits per heavy atom. The van der Waals surface area contributed by atoms with Crippen molar-refractivity contribution in [1.29, 1.82) is 5.41 Å². The highest BCUT2D eigenvalue weighted by molar-refractivity contribution is 7.25. The summed E-state index contributed by atoms with van der Waals surface area (Å²) in [6.45, 7) is 4.50. The molecule has 57 heavy (non-hydrogen) atoms. The summed E-state index contributed by atoms with van der Waals surface area (Å²) in [6.07, 6.45) is 2.02. The first-order valence-electron chi connectivity index (χ1n) is 19.5. The van der Waals surface area contributed by atoms with Crippen LogP contribution in [-0.2, 0) is 5.41 Å². The van der Waals surface area contributed by atoms with Crippen LogP contribution in [0.5, 0.6) is 0 Å². The number of aliphatic imine (C=N–C) groups is 1. The van der Waals surface area contributed by atoms with E-state index in [2.05, 4.69) is 182 Å². The van der Waals surface area contributed by atoms with E-state index in [1.807, 2.05) is 6.34 Å². The van der Waals surface area contributed by atoms with Crippen LogP contribution in [0.2, 0.25) is 0 Å². The molecule has 1 N–H and O–H groups in total. The number of allylic oxidation sites excluding steroid dienone is 1. The molecule has 0 spiro atoms. The molecule has 1 aliphatic rings. The smallest absolute Gasteiger partial charge is 0.100 e. The quantitative estimate of drug-likeness (QED) is 0.106. The van der Waals surface area contributed by atoms with Crippen LogP contribution in [0.15, 0.2) is 174 Å². The summed E-state index contributed by atoms with van der Waals surface area (Å²) in [5, 5.41) is 24.9. The van der Waals surface area contributed by atoms with Gasteiger partial charge in [-0.3, -0.25) is 9.98 Å². The molecule has 268 valence electrons. The zero-order chi connectivity index (χ0) is 38.0.